The average molecular weight is 761 g/mol. The predicted octanol–water partition coefficient (Wildman–Crippen LogP) is 15.5. The van der Waals surface area contributed by atoms with Gasteiger partial charge in [-0.3, -0.25) is 0 Å². The first-order valence-corrected chi connectivity index (χ1v) is 21.4. The zero-order chi connectivity index (χ0) is 39.5. The highest BCUT2D eigenvalue weighted by Crippen LogP contribution is 2.55. The number of hydrogen-bond donors (Lipinski definition) is 0. The Kier molecular flexibility index (Phi) is 8.62. The summed E-state index contributed by atoms with van der Waals surface area (Å²) < 4.78 is 2.57. The maximum atomic E-state index is 2.57. The Morgan fingerprint density at radius 3 is 1.88 bits per heavy atom. The van der Waals surface area contributed by atoms with Crippen molar-refractivity contribution in [2.45, 2.75) is 57.8 Å². The van der Waals surface area contributed by atoms with Crippen LogP contribution in [0.3, 0.4) is 0 Å². The molecule has 1 aromatic heterocycles. The van der Waals surface area contributed by atoms with Crippen LogP contribution in [0.4, 0.5) is 17.1 Å². The van der Waals surface area contributed by atoms with Crippen molar-refractivity contribution in [3.05, 3.63) is 210 Å². The van der Waals surface area contributed by atoms with E-state index in [0.717, 1.165) is 55.6 Å². The number of benzene rings is 6. The van der Waals surface area contributed by atoms with Gasteiger partial charge in [0.1, 0.15) is 0 Å². The molecule has 0 radical (unpaired) electrons. The minimum Gasteiger partial charge on any atom is -0.311 e. The summed E-state index contributed by atoms with van der Waals surface area (Å²) in [4.78, 5) is 2.39. The number of allylic oxidation sites excluding steroid dienone is 9. The molecule has 0 N–H and O–H groups in total. The fourth-order valence-electron chi connectivity index (χ4n) is 10.4. The van der Waals surface area contributed by atoms with Crippen molar-refractivity contribution < 1.29 is 0 Å². The van der Waals surface area contributed by atoms with E-state index in [1.807, 2.05) is 0 Å². The van der Waals surface area contributed by atoms with E-state index >= 15 is 0 Å². The summed E-state index contributed by atoms with van der Waals surface area (Å²) in [5.41, 5.74) is 22.1. The monoisotopic (exact) mass is 760 g/mol. The minimum absolute atomic E-state index is 0.102. The van der Waals surface area contributed by atoms with Crippen LogP contribution in [0.1, 0.15) is 73.9 Å². The minimum atomic E-state index is -0.102. The maximum absolute atomic E-state index is 2.57. The summed E-state index contributed by atoms with van der Waals surface area (Å²) >= 11 is 0. The molecule has 0 aliphatic heterocycles. The first kappa shape index (κ1) is 35.5. The predicted molar refractivity (Wildman–Crippen MR) is 251 cm³/mol. The van der Waals surface area contributed by atoms with Gasteiger partial charge in [0.15, 0.2) is 0 Å². The molecule has 0 fully saturated rings. The van der Waals surface area contributed by atoms with Crippen LogP contribution in [-0.2, 0) is 11.8 Å². The fourth-order valence-corrected chi connectivity index (χ4v) is 10.4. The molecule has 6 aromatic carbocycles. The third-order valence-electron chi connectivity index (χ3n) is 13.2. The summed E-state index contributed by atoms with van der Waals surface area (Å²) in [6, 6.07) is 51.9. The zero-order valence-electron chi connectivity index (χ0n) is 34.0. The summed E-state index contributed by atoms with van der Waals surface area (Å²) in [6.07, 6.45) is 23.0. The molecule has 2 heteroatoms. The second-order valence-corrected chi connectivity index (χ2v) is 17.0. The standard InChI is InChI=1S/C57H48N2/c1-57(2)51-22-12-9-21-50(51)55-47(37-38-54(56(55)57)59-52-23-13-10-19-48(52)49-20-11-14-24-53(49)59)43-29-35-46(36-30-43)58(44-31-25-41(26-32-44)39-15-5-3-6-16-39)45-33-27-42(28-34-45)40-17-7-4-8-18-40/h3,5-7,9-10,13-19,21,23-38H,4,8,11-12,20,22H2,1-2H3. The van der Waals surface area contributed by atoms with Crippen molar-refractivity contribution in [3.63, 3.8) is 0 Å². The van der Waals surface area contributed by atoms with Crippen LogP contribution in [0.5, 0.6) is 0 Å². The second kappa shape index (κ2) is 14.3. The summed E-state index contributed by atoms with van der Waals surface area (Å²) in [5, 5.41) is 1.38. The molecule has 0 bridgehead atoms. The molecule has 0 saturated carbocycles. The molecule has 2 nitrogen and oxygen atoms in total. The molecule has 4 aliphatic rings. The third-order valence-corrected chi connectivity index (χ3v) is 13.2. The van der Waals surface area contributed by atoms with Gasteiger partial charge in [-0.05, 0) is 149 Å². The highest BCUT2D eigenvalue weighted by molar-refractivity contribution is 5.98. The number of anilines is 3. The van der Waals surface area contributed by atoms with E-state index in [-0.39, 0.29) is 5.41 Å². The lowest BCUT2D eigenvalue weighted by molar-refractivity contribution is 0.604. The molecule has 0 saturated heterocycles. The highest BCUT2D eigenvalue weighted by atomic mass is 15.1. The van der Waals surface area contributed by atoms with E-state index in [2.05, 4.69) is 205 Å². The Labute approximate surface area is 348 Å². The van der Waals surface area contributed by atoms with Gasteiger partial charge in [-0.25, -0.2) is 0 Å². The number of fused-ring (bicyclic) bond motifs is 5. The summed E-state index contributed by atoms with van der Waals surface area (Å²) in [7, 11) is 0. The van der Waals surface area contributed by atoms with E-state index in [0.29, 0.717) is 0 Å². The lowest BCUT2D eigenvalue weighted by atomic mass is 9.77. The second-order valence-electron chi connectivity index (χ2n) is 17.0. The maximum Gasteiger partial charge on any atom is 0.0537 e. The van der Waals surface area contributed by atoms with Gasteiger partial charge < -0.3 is 9.47 Å². The van der Waals surface area contributed by atoms with Crippen molar-refractivity contribution in [2.75, 3.05) is 4.90 Å². The van der Waals surface area contributed by atoms with Crippen molar-refractivity contribution in [2.24, 2.45) is 0 Å². The van der Waals surface area contributed by atoms with Crippen LogP contribution < -0.4 is 4.90 Å². The third kappa shape index (κ3) is 5.92. The number of hydrogen-bond acceptors (Lipinski definition) is 1. The number of nitrogens with zero attached hydrogens (tertiary/aromatic N) is 2. The van der Waals surface area contributed by atoms with E-state index < -0.39 is 0 Å². The number of aromatic nitrogens is 1. The van der Waals surface area contributed by atoms with Crippen LogP contribution in [0.25, 0.3) is 56.1 Å². The van der Waals surface area contributed by atoms with Gasteiger partial charge in [0.05, 0.1) is 11.2 Å². The van der Waals surface area contributed by atoms with Gasteiger partial charge in [-0.1, -0.05) is 147 Å². The largest absolute Gasteiger partial charge is 0.311 e. The highest BCUT2D eigenvalue weighted by Gasteiger charge is 2.41. The molecule has 11 rings (SSSR count). The Morgan fingerprint density at radius 1 is 0.525 bits per heavy atom. The number of para-hydroxylation sites is 1. The Hall–Kier alpha value is -6.64. The molecule has 286 valence electrons. The molecule has 0 unspecified atom stereocenters. The van der Waals surface area contributed by atoms with Crippen molar-refractivity contribution in [1.82, 2.24) is 4.57 Å². The first-order valence-electron chi connectivity index (χ1n) is 21.4. The average Bonchev–Trinajstić information content (AvgIpc) is 3.76. The topological polar surface area (TPSA) is 8.17 Å². The zero-order valence-corrected chi connectivity index (χ0v) is 34.0. The quantitative estimate of drug-likeness (QED) is 0.157. The van der Waals surface area contributed by atoms with Gasteiger partial charge >= 0.3 is 0 Å². The van der Waals surface area contributed by atoms with Crippen LogP contribution in [0.2, 0.25) is 0 Å². The SMILES string of the molecule is CC1(C)C2=C(C=CCC2)c2c(-c3ccc(N(c4ccc(C5=CCCC=C5)cc4)c4ccc(-c5ccccc5)cc4)cc3)ccc(-n3c4c(c5ccccc53)CCC=C4)c21. The molecule has 0 amide bonds. The van der Waals surface area contributed by atoms with E-state index in [4.69, 9.17) is 0 Å². The van der Waals surface area contributed by atoms with Gasteiger partial charge in [-0.15, -0.1) is 0 Å². The van der Waals surface area contributed by atoms with Crippen molar-refractivity contribution in [1.29, 1.82) is 0 Å². The van der Waals surface area contributed by atoms with Crippen LogP contribution >= 0.6 is 0 Å². The van der Waals surface area contributed by atoms with Crippen molar-refractivity contribution in [3.8, 4) is 27.9 Å². The smallest absolute Gasteiger partial charge is 0.0537 e. The molecular formula is C57H48N2. The number of aryl methyl sites for hydroxylation is 1. The van der Waals surface area contributed by atoms with Gasteiger partial charge in [0, 0.05) is 33.6 Å². The van der Waals surface area contributed by atoms with Crippen LogP contribution in [0, 0.1) is 0 Å². The lowest BCUT2D eigenvalue weighted by Gasteiger charge is -2.29. The Bertz CT molecular complexity index is 2910. The van der Waals surface area contributed by atoms with Crippen molar-refractivity contribution >= 4 is 45.2 Å². The molecular weight excluding hydrogens is 713 g/mol. The van der Waals surface area contributed by atoms with Gasteiger partial charge in [0.25, 0.3) is 0 Å². The molecule has 59 heavy (non-hydrogen) atoms. The van der Waals surface area contributed by atoms with Crippen LogP contribution in [-0.4, -0.2) is 4.57 Å². The number of rotatable bonds is 7. The summed E-state index contributed by atoms with van der Waals surface area (Å²) in [6.45, 7) is 4.93. The van der Waals surface area contributed by atoms with Gasteiger partial charge in [0.2, 0.25) is 0 Å². The summed E-state index contributed by atoms with van der Waals surface area (Å²) in [5.74, 6) is 0. The van der Waals surface area contributed by atoms with E-state index in [1.165, 1.54) is 77.9 Å². The molecule has 4 aliphatic carbocycles. The molecule has 0 spiro atoms. The molecule has 1 heterocycles. The lowest BCUT2D eigenvalue weighted by Crippen LogP contribution is -2.21. The Morgan fingerprint density at radius 2 is 1.15 bits per heavy atom. The van der Waals surface area contributed by atoms with E-state index in [9.17, 15) is 0 Å². The first-order chi connectivity index (χ1) is 29.0. The molecule has 7 aromatic rings. The Balaban J connectivity index is 1.04. The van der Waals surface area contributed by atoms with E-state index in [1.54, 1.807) is 5.57 Å². The molecule has 0 atom stereocenters. The normalized spacial score (nSPS) is 16.2. The van der Waals surface area contributed by atoms with Crippen LogP contribution in [0.15, 0.2) is 182 Å². The van der Waals surface area contributed by atoms with Gasteiger partial charge in [-0.2, -0.15) is 0 Å². The fraction of sp³-hybridized carbons (Fsp3) is 0.158.